The SMILES string of the molecule is C[C@H](C(=O)NC1CCCC1)N(Cc1ccccc1F)C(=O)CN(c1ccc(Cl)c(Cl)c1)S(C)(=O)=O. The Hall–Kier alpha value is -2.36. The van der Waals surface area contributed by atoms with E-state index in [0.717, 1.165) is 36.2 Å². The number of anilines is 1. The Balaban J connectivity index is 1.90. The van der Waals surface area contributed by atoms with Crippen LogP contribution in [0.3, 0.4) is 0 Å². The van der Waals surface area contributed by atoms with E-state index in [2.05, 4.69) is 5.32 Å². The fraction of sp³-hybridized carbons (Fsp3) is 0.417. The number of nitrogens with one attached hydrogen (secondary N) is 1. The highest BCUT2D eigenvalue weighted by molar-refractivity contribution is 7.92. The van der Waals surface area contributed by atoms with Crippen LogP contribution in [-0.2, 0) is 26.2 Å². The van der Waals surface area contributed by atoms with E-state index in [1.165, 1.54) is 41.3 Å². The molecule has 0 spiro atoms. The Bertz CT molecular complexity index is 1190. The van der Waals surface area contributed by atoms with Gasteiger partial charge in [0.25, 0.3) is 0 Å². The molecule has 0 saturated heterocycles. The number of amides is 2. The van der Waals surface area contributed by atoms with Crippen molar-refractivity contribution in [2.24, 2.45) is 0 Å². The van der Waals surface area contributed by atoms with E-state index < -0.39 is 34.3 Å². The minimum Gasteiger partial charge on any atom is -0.352 e. The molecule has 1 atom stereocenters. The molecule has 7 nitrogen and oxygen atoms in total. The van der Waals surface area contributed by atoms with E-state index >= 15 is 0 Å². The minimum atomic E-state index is -3.91. The zero-order valence-electron chi connectivity index (χ0n) is 19.5. The molecule has 1 fully saturated rings. The Morgan fingerprint density at radius 1 is 1.11 bits per heavy atom. The van der Waals surface area contributed by atoms with Crippen LogP contribution in [0.1, 0.15) is 38.2 Å². The molecule has 0 aromatic heterocycles. The maximum Gasteiger partial charge on any atom is 0.244 e. The van der Waals surface area contributed by atoms with Gasteiger partial charge in [-0.3, -0.25) is 13.9 Å². The van der Waals surface area contributed by atoms with Crippen LogP contribution in [-0.4, -0.2) is 50.0 Å². The zero-order valence-corrected chi connectivity index (χ0v) is 21.8. The summed E-state index contributed by atoms with van der Waals surface area (Å²) in [5, 5.41) is 3.31. The molecule has 1 aliphatic rings. The van der Waals surface area contributed by atoms with Crippen LogP contribution >= 0.6 is 23.2 Å². The first-order valence-corrected chi connectivity index (χ1v) is 13.8. The Kier molecular flexibility index (Phi) is 9.01. The van der Waals surface area contributed by atoms with Gasteiger partial charge >= 0.3 is 0 Å². The topological polar surface area (TPSA) is 86.8 Å². The predicted octanol–water partition coefficient (Wildman–Crippen LogP) is 4.37. The standard InChI is InChI=1S/C24H28Cl2FN3O4S/c1-16(24(32)28-18-8-4-5-9-18)29(14-17-7-3-6-10-22(17)27)23(31)15-30(35(2,33)34)19-11-12-20(25)21(26)13-19/h3,6-7,10-13,16,18H,4-5,8-9,14-15H2,1-2H3,(H,28,32)/t16-/m1/s1. The molecule has 1 aliphatic carbocycles. The van der Waals surface area contributed by atoms with Crippen molar-refractivity contribution in [1.29, 1.82) is 0 Å². The van der Waals surface area contributed by atoms with Crippen molar-refractivity contribution in [3.05, 3.63) is 63.9 Å². The quantitative estimate of drug-likeness (QED) is 0.508. The second-order valence-electron chi connectivity index (χ2n) is 8.65. The van der Waals surface area contributed by atoms with E-state index in [9.17, 15) is 22.4 Å². The summed E-state index contributed by atoms with van der Waals surface area (Å²) in [4.78, 5) is 27.7. The highest BCUT2D eigenvalue weighted by Crippen LogP contribution is 2.29. The summed E-state index contributed by atoms with van der Waals surface area (Å²) in [7, 11) is -3.91. The van der Waals surface area contributed by atoms with Crippen molar-refractivity contribution >= 4 is 50.7 Å². The molecule has 1 N–H and O–H groups in total. The molecular weight excluding hydrogens is 516 g/mol. The number of carbonyl (C=O) groups excluding carboxylic acids is 2. The summed E-state index contributed by atoms with van der Waals surface area (Å²) >= 11 is 12.0. The van der Waals surface area contributed by atoms with Crippen LogP contribution in [0.4, 0.5) is 10.1 Å². The first-order chi connectivity index (χ1) is 16.5. The monoisotopic (exact) mass is 543 g/mol. The molecule has 0 radical (unpaired) electrons. The molecule has 1 saturated carbocycles. The number of hydrogen-bond donors (Lipinski definition) is 1. The number of hydrogen-bond acceptors (Lipinski definition) is 4. The van der Waals surface area contributed by atoms with Crippen molar-refractivity contribution in [3.63, 3.8) is 0 Å². The van der Waals surface area contributed by atoms with Crippen molar-refractivity contribution in [2.75, 3.05) is 17.1 Å². The van der Waals surface area contributed by atoms with Gasteiger partial charge in [-0.05, 0) is 44.0 Å². The predicted molar refractivity (Wildman–Crippen MR) is 135 cm³/mol. The van der Waals surface area contributed by atoms with Crippen molar-refractivity contribution in [1.82, 2.24) is 10.2 Å². The summed E-state index contributed by atoms with van der Waals surface area (Å²) in [6, 6.07) is 9.20. The Labute approximate surface area is 215 Å². The molecule has 190 valence electrons. The molecule has 11 heteroatoms. The molecule has 2 amide bonds. The van der Waals surface area contributed by atoms with E-state index in [4.69, 9.17) is 23.2 Å². The van der Waals surface area contributed by atoms with Crippen molar-refractivity contribution in [2.45, 2.75) is 51.2 Å². The van der Waals surface area contributed by atoms with Gasteiger partial charge in [-0.25, -0.2) is 12.8 Å². The third-order valence-electron chi connectivity index (χ3n) is 6.04. The largest absolute Gasteiger partial charge is 0.352 e. The maximum atomic E-state index is 14.4. The number of sulfonamides is 1. The summed E-state index contributed by atoms with van der Waals surface area (Å²) in [6.07, 6.45) is 4.71. The molecule has 0 bridgehead atoms. The second-order valence-corrected chi connectivity index (χ2v) is 11.4. The molecule has 0 heterocycles. The average molecular weight is 544 g/mol. The molecular formula is C24H28Cl2FN3O4S. The second kappa shape index (κ2) is 11.6. The molecule has 0 aliphatic heterocycles. The van der Waals surface area contributed by atoms with Crippen molar-refractivity contribution in [3.8, 4) is 0 Å². The number of benzene rings is 2. The lowest BCUT2D eigenvalue weighted by atomic mass is 10.1. The molecule has 2 aromatic carbocycles. The highest BCUT2D eigenvalue weighted by atomic mass is 35.5. The molecule has 35 heavy (non-hydrogen) atoms. The highest BCUT2D eigenvalue weighted by Gasteiger charge is 2.32. The normalized spacial score (nSPS) is 15.0. The Morgan fingerprint density at radius 2 is 1.77 bits per heavy atom. The fourth-order valence-corrected chi connectivity index (χ4v) is 5.17. The van der Waals surface area contributed by atoms with Crippen LogP contribution in [0.25, 0.3) is 0 Å². The fourth-order valence-electron chi connectivity index (χ4n) is 4.04. The van der Waals surface area contributed by atoms with Gasteiger partial charge < -0.3 is 10.2 Å². The van der Waals surface area contributed by atoms with Gasteiger partial charge in [0.1, 0.15) is 18.4 Å². The van der Waals surface area contributed by atoms with Gasteiger partial charge in [-0.2, -0.15) is 0 Å². The lowest BCUT2D eigenvalue weighted by Gasteiger charge is -2.32. The number of halogens is 3. The van der Waals surface area contributed by atoms with Crippen LogP contribution in [0.2, 0.25) is 10.0 Å². The first kappa shape index (κ1) is 27.2. The zero-order chi connectivity index (χ0) is 25.8. The van der Waals surface area contributed by atoms with Crippen LogP contribution in [0.5, 0.6) is 0 Å². The van der Waals surface area contributed by atoms with E-state index in [-0.39, 0.29) is 39.8 Å². The third kappa shape index (κ3) is 7.08. The van der Waals surface area contributed by atoms with Crippen LogP contribution < -0.4 is 9.62 Å². The van der Waals surface area contributed by atoms with Gasteiger partial charge in [-0.15, -0.1) is 0 Å². The molecule has 3 rings (SSSR count). The van der Waals surface area contributed by atoms with Gasteiger partial charge in [-0.1, -0.05) is 54.2 Å². The molecule has 0 unspecified atom stereocenters. The number of rotatable bonds is 9. The number of carbonyl (C=O) groups is 2. The van der Waals surface area contributed by atoms with Crippen LogP contribution in [0, 0.1) is 5.82 Å². The van der Waals surface area contributed by atoms with Gasteiger partial charge in [0, 0.05) is 18.2 Å². The smallest absolute Gasteiger partial charge is 0.244 e. The minimum absolute atomic E-state index is 0.0269. The van der Waals surface area contributed by atoms with Gasteiger partial charge in [0.2, 0.25) is 21.8 Å². The Morgan fingerprint density at radius 3 is 2.37 bits per heavy atom. The summed E-state index contributed by atoms with van der Waals surface area (Å²) in [5.41, 5.74) is 0.353. The van der Waals surface area contributed by atoms with Gasteiger partial charge in [0.15, 0.2) is 0 Å². The summed E-state index contributed by atoms with van der Waals surface area (Å²) in [5.74, 6) is -1.57. The van der Waals surface area contributed by atoms with Crippen molar-refractivity contribution < 1.29 is 22.4 Å². The van der Waals surface area contributed by atoms with Gasteiger partial charge in [0.05, 0.1) is 22.0 Å². The lowest BCUT2D eigenvalue weighted by Crippen LogP contribution is -2.52. The average Bonchev–Trinajstić information content (AvgIpc) is 3.30. The van der Waals surface area contributed by atoms with E-state index in [1.54, 1.807) is 13.0 Å². The van der Waals surface area contributed by atoms with E-state index in [1.807, 2.05) is 0 Å². The lowest BCUT2D eigenvalue weighted by molar-refractivity contribution is -0.139. The first-order valence-electron chi connectivity index (χ1n) is 11.2. The summed E-state index contributed by atoms with van der Waals surface area (Å²) < 4.78 is 40.5. The van der Waals surface area contributed by atoms with Crippen LogP contribution in [0.15, 0.2) is 42.5 Å². The third-order valence-corrected chi connectivity index (χ3v) is 7.92. The number of nitrogens with zero attached hydrogens (tertiary/aromatic N) is 2. The summed E-state index contributed by atoms with van der Waals surface area (Å²) in [6.45, 7) is 0.739. The van der Waals surface area contributed by atoms with E-state index in [0.29, 0.717) is 0 Å². The molecule has 2 aromatic rings. The maximum absolute atomic E-state index is 14.4.